The number of hydrogen-bond acceptors (Lipinski definition) is 3. The lowest BCUT2D eigenvalue weighted by Gasteiger charge is -2.16. The molecule has 0 aliphatic heterocycles. The van der Waals surface area contributed by atoms with Gasteiger partial charge in [0, 0.05) is 13.2 Å². The molecular weight excluding hydrogens is 200 g/mol. The predicted octanol–water partition coefficient (Wildman–Crippen LogP) is 2.93. The molecule has 16 heavy (non-hydrogen) atoms. The van der Waals surface area contributed by atoms with E-state index < -0.39 is 0 Å². The fourth-order valence-electron chi connectivity index (χ4n) is 1.61. The van der Waals surface area contributed by atoms with Crippen molar-refractivity contribution < 1.29 is 4.42 Å². The van der Waals surface area contributed by atoms with Gasteiger partial charge in [-0.05, 0) is 43.7 Å². The maximum absolute atomic E-state index is 5.54. The van der Waals surface area contributed by atoms with Crippen molar-refractivity contribution >= 4 is 5.82 Å². The van der Waals surface area contributed by atoms with Crippen molar-refractivity contribution in [2.75, 3.05) is 11.9 Å². The van der Waals surface area contributed by atoms with Crippen LogP contribution in [0.15, 0.2) is 34.9 Å². The minimum atomic E-state index is 0.740. The van der Waals surface area contributed by atoms with E-state index in [0.29, 0.717) is 0 Å². The molecule has 0 aromatic carbocycles. The van der Waals surface area contributed by atoms with Crippen molar-refractivity contribution in [3.63, 3.8) is 0 Å². The Morgan fingerprint density at radius 2 is 2.06 bits per heavy atom. The Hall–Kier alpha value is -1.77. The third kappa shape index (κ3) is 2.42. The largest absolute Gasteiger partial charge is 0.464 e. The first kappa shape index (κ1) is 10.7. The van der Waals surface area contributed by atoms with Gasteiger partial charge >= 0.3 is 0 Å². The van der Waals surface area contributed by atoms with Crippen molar-refractivity contribution in [1.29, 1.82) is 0 Å². The lowest BCUT2D eigenvalue weighted by molar-refractivity contribution is 0.481. The number of rotatable bonds is 3. The van der Waals surface area contributed by atoms with E-state index in [1.807, 2.05) is 38.4 Å². The van der Waals surface area contributed by atoms with Gasteiger partial charge in [-0.2, -0.15) is 0 Å². The number of hydrogen-bond donors (Lipinski definition) is 0. The highest BCUT2D eigenvalue weighted by Crippen LogP contribution is 2.15. The molecule has 0 spiro atoms. The number of furan rings is 1. The molecule has 0 aliphatic rings. The lowest BCUT2D eigenvalue weighted by atomic mass is 10.3. The normalized spacial score (nSPS) is 10.4. The highest BCUT2D eigenvalue weighted by Gasteiger charge is 2.06. The van der Waals surface area contributed by atoms with E-state index in [0.717, 1.165) is 23.9 Å². The van der Waals surface area contributed by atoms with E-state index >= 15 is 0 Å². The first-order valence-electron chi connectivity index (χ1n) is 5.34. The number of aryl methyl sites for hydroxylation is 2. The molecule has 0 saturated carbocycles. The van der Waals surface area contributed by atoms with Crippen molar-refractivity contribution in [1.82, 2.24) is 4.98 Å². The summed E-state index contributed by atoms with van der Waals surface area (Å²) in [5.41, 5.74) is 1.22. The molecule has 2 rings (SSSR count). The molecule has 2 aromatic heterocycles. The highest BCUT2D eigenvalue weighted by atomic mass is 16.3. The molecular formula is C13H16N2O. The van der Waals surface area contributed by atoms with Gasteiger partial charge < -0.3 is 9.32 Å². The molecule has 3 heteroatoms. The van der Waals surface area contributed by atoms with Crippen LogP contribution in [0.5, 0.6) is 0 Å². The molecule has 0 bridgehead atoms. The zero-order chi connectivity index (χ0) is 11.5. The minimum Gasteiger partial charge on any atom is -0.464 e. The summed E-state index contributed by atoms with van der Waals surface area (Å²) in [5.74, 6) is 2.87. The van der Waals surface area contributed by atoms with Crippen LogP contribution in [0.1, 0.15) is 17.1 Å². The van der Waals surface area contributed by atoms with E-state index in [4.69, 9.17) is 4.42 Å². The molecule has 2 aromatic rings. The summed E-state index contributed by atoms with van der Waals surface area (Å²) in [6.07, 6.45) is 1.83. The Morgan fingerprint density at radius 3 is 2.69 bits per heavy atom. The molecule has 0 radical (unpaired) electrons. The Bertz CT molecular complexity index is 476. The van der Waals surface area contributed by atoms with Crippen LogP contribution in [0.3, 0.4) is 0 Å². The average Bonchev–Trinajstić information content (AvgIpc) is 2.64. The van der Waals surface area contributed by atoms with Crippen LogP contribution in [0, 0.1) is 13.8 Å². The summed E-state index contributed by atoms with van der Waals surface area (Å²) in [5, 5.41) is 0. The van der Waals surface area contributed by atoms with Crippen molar-refractivity contribution in [2.24, 2.45) is 0 Å². The fraction of sp³-hybridized carbons (Fsp3) is 0.308. The Labute approximate surface area is 95.7 Å². The van der Waals surface area contributed by atoms with Crippen molar-refractivity contribution in [3.05, 3.63) is 47.5 Å². The van der Waals surface area contributed by atoms with Crippen LogP contribution >= 0.6 is 0 Å². The van der Waals surface area contributed by atoms with Crippen LogP contribution in [0.2, 0.25) is 0 Å². The second-order valence-electron chi connectivity index (χ2n) is 4.06. The summed E-state index contributed by atoms with van der Waals surface area (Å²) in [6.45, 7) is 4.76. The molecule has 84 valence electrons. The molecule has 2 heterocycles. The van der Waals surface area contributed by atoms with Gasteiger partial charge in [-0.15, -0.1) is 0 Å². The molecule has 0 amide bonds. The Morgan fingerprint density at radius 1 is 1.25 bits per heavy atom. The molecule has 0 fully saturated rings. The number of pyridine rings is 1. The SMILES string of the molecule is Cc1ccnc(N(C)Cc2ccc(C)o2)c1. The third-order valence-electron chi connectivity index (χ3n) is 2.48. The summed E-state index contributed by atoms with van der Waals surface area (Å²) in [6, 6.07) is 8.04. The third-order valence-corrected chi connectivity index (χ3v) is 2.48. The molecule has 0 saturated heterocycles. The van der Waals surface area contributed by atoms with E-state index in [-0.39, 0.29) is 0 Å². The first-order valence-corrected chi connectivity index (χ1v) is 5.34. The van der Waals surface area contributed by atoms with E-state index in [9.17, 15) is 0 Å². The van der Waals surface area contributed by atoms with Gasteiger partial charge in [0.2, 0.25) is 0 Å². The Balaban J connectivity index is 2.11. The first-order chi connectivity index (χ1) is 7.65. The molecule has 3 nitrogen and oxygen atoms in total. The van der Waals surface area contributed by atoms with Gasteiger partial charge in [-0.1, -0.05) is 0 Å². The van der Waals surface area contributed by atoms with Gasteiger partial charge in [0.1, 0.15) is 17.3 Å². The van der Waals surface area contributed by atoms with E-state index in [1.165, 1.54) is 5.56 Å². The zero-order valence-electron chi connectivity index (χ0n) is 9.90. The van der Waals surface area contributed by atoms with Crippen LogP contribution in [-0.2, 0) is 6.54 Å². The van der Waals surface area contributed by atoms with Gasteiger partial charge in [0.15, 0.2) is 0 Å². The minimum absolute atomic E-state index is 0.740. The van der Waals surface area contributed by atoms with Gasteiger partial charge in [0.05, 0.1) is 6.54 Å². The smallest absolute Gasteiger partial charge is 0.128 e. The highest BCUT2D eigenvalue weighted by molar-refractivity contribution is 5.39. The van der Waals surface area contributed by atoms with Crippen LogP contribution in [0.4, 0.5) is 5.82 Å². The molecule has 0 unspecified atom stereocenters. The van der Waals surface area contributed by atoms with Crippen LogP contribution < -0.4 is 4.90 Å². The maximum atomic E-state index is 5.54. The fourth-order valence-corrected chi connectivity index (χ4v) is 1.61. The zero-order valence-corrected chi connectivity index (χ0v) is 9.90. The second-order valence-corrected chi connectivity index (χ2v) is 4.06. The van der Waals surface area contributed by atoms with Crippen LogP contribution in [0.25, 0.3) is 0 Å². The predicted molar refractivity (Wildman–Crippen MR) is 64.5 cm³/mol. The number of aromatic nitrogens is 1. The Kier molecular flexibility index (Phi) is 2.95. The maximum Gasteiger partial charge on any atom is 0.128 e. The van der Waals surface area contributed by atoms with Gasteiger partial charge in [-0.3, -0.25) is 0 Å². The summed E-state index contributed by atoms with van der Waals surface area (Å²) >= 11 is 0. The molecule has 0 N–H and O–H groups in total. The molecule has 0 aliphatic carbocycles. The monoisotopic (exact) mass is 216 g/mol. The molecule has 0 atom stereocenters. The van der Waals surface area contributed by atoms with Crippen molar-refractivity contribution in [2.45, 2.75) is 20.4 Å². The van der Waals surface area contributed by atoms with Crippen molar-refractivity contribution in [3.8, 4) is 0 Å². The average molecular weight is 216 g/mol. The number of anilines is 1. The lowest BCUT2D eigenvalue weighted by Crippen LogP contribution is -2.17. The van der Waals surface area contributed by atoms with E-state index in [1.54, 1.807) is 0 Å². The van der Waals surface area contributed by atoms with Gasteiger partial charge in [-0.25, -0.2) is 4.98 Å². The van der Waals surface area contributed by atoms with Gasteiger partial charge in [0.25, 0.3) is 0 Å². The summed E-state index contributed by atoms with van der Waals surface area (Å²) in [4.78, 5) is 6.40. The topological polar surface area (TPSA) is 29.3 Å². The summed E-state index contributed by atoms with van der Waals surface area (Å²) in [7, 11) is 2.01. The summed E-state index contributed by atoms with van der Waals surface area (Å²) < 4.78 is 5.54. The van der Waals surface area contributed by atoms with Crippen LogP contribution in [-0.4, -0.2) is 12.0 Å². The standard InChI is InChI=1S/C13H16N2O/c1-10-6-7-14-13(8-10)15(3)9-12-5-4-11(2)16-12/h4-8H,9H2,1-3H3. The quantitative estimate of drug-likeness (QED) is 0.790. The second kappa shape index (κ2) is 4.39. The number of nitrogens with zero attached hydrogens (tertiary/aromatic N) is 2. The van der Waals surface area contributed by atoms with E-state index in [2.05, 4.69) is 22.9 Å².